The summed E-state index contributed by atoms with van der Waals surface area (Å²) >= 11 is 15.4. The second kappa shape index (κ2) is 5.83. The van der Waals surface area contributed by atoms with Gasteiger partial charge < -0.3 is 5.11 Å². The molecular formula is C13H13BrCl2N2O. The number of rotatable bonds is 3. The smallest absolute Gasteiger partial charge is 0.130 e. The molecule has 0 amide bonds. The molecule has 1 aromatic carbocycles. The normalized spacial score (nSPS) is 12.7. The van der Waals surface area contributed by atoms with Crippen molar-refractivity contribution in [3.05, 3.63) is 49.7 Å². The molecule has 0 aliphatic rings. The molecule has 0 aliphatic carbocycles. The van der Waals surface area contributed by atoms with Crippen molar-refractivity contribution in [3.63, 3.8) is 0 Å². The SMILES string of the molecule is Cc1nn(C)c(Cl)c1CC(O)c1ccc(Cl)c(Br)c1. The second-order valence-electron chi connectivity index (χ2n) is 4.37. The number of aromatic nitrogens is 2. The van der Waals surface area contributed by atoms with Crippen LogP contribution in [0.15, 0.2) is 22.7 Å². The minimum Gasteiger partial charge on any atom is -0.388 e. The summed E-state index contributed by atoms with van der Waals surface area (Å²) in [4.78, 5) is 0. The van der Waals surface area contributed by atoms with Gasteiger partial charge in [0.05, 0.1) is 16.8 Å². The number of benzene rings is 1. The van der Waals surface area contributed by atoms with Gasteiger partial charge in [0.2, 0.25) is 0 Å². The van der Waals surface area contributed by atoms with Gasteiger partial charge >= 0.3 is 0 Å². The Balaban J connectivity index is 2.25. The number of aliphatic hydroxyl groups excluding tert-OH is 1. The summed E-state index contributed by atoms with van der Waals surface area (Å²) in [6.45, 7) is 1.88. The van der Waals surface area contributed by atoms with Crippen LogP contribution < -0.4 is 0 Å². The van der Waals surface area contributed by atoms with Crippen molar-refractivity contribution >= 4 is 39.1 Å². The highest BCUT2D eigenvalue weighted by atomic mass is 79.9. The highest BCUT2D eigenvalue weighted by molar-refractivity contribution is 9.10. The standard InChI is InChI=1S/C13H13BrCl2N2O/c1-7-9(13(16)18(2)17-7)6-12(19)8-3-4-11(15)10(14)5-8/h3-5,12,19H,6H2,1-2H3. The predicted octanol–water partition coefficient (Wildman–Crippen LogP) is 4.07. The van der Waals surface area contributed by atoms with Crippen molar-refractivity contribution in [1.29, 1.82) is 0 Å². The van der Waals surface area contributed by atoms with Gasteiger partial charge in [0.15, 0.2) is 0 Å². The topological polar surface area (TPSA) is 38.0 Å². The fraction of sp³-hybridized carbons (Fsp3) is 0.308. The van der Waals surface area contributed by atoms with Gasteiger partial charge in [-0.05, 0) is 40.5 Å². The van der Waals surface area contributed by atoms with Crippen LogP contribution in [0.5, 0.6) is 0 Å². The average Bonchev–Trinajstić information content (AvgIpc) is 2.59. The molecule has 6 heteroatoms. The summed E-state index contributed by atoms with van der Waals surface area (Å²) in [6.07, 6.45) is -0.221. The highest BCUT2D eigenvalue weighted by Crippen LogP contribution is 2.29. The van der Waals surface area contributed by atoms with E-state index in [-0.39, 0.29) is 0 Å². The molecule has 0 bridgehead atoms. The Labute approximate surface area is 130 Å². The summed E-state index contributed by atoms with van der Waals surface area (Å²) in [6, 6.07) is 5.37. The first-order valence-electron chi connectivity index (χ1n) is 5.71. The van der Waals surface area contributed by atoms with Gasteiger partial charge in [0, 0.05) is 23.5 Å². The first kappa shape index (κ1) is 14.9. The summed E-state index contributed by atoms with van der Waals surface area (Å²) in [5.74, 6) is 0. The van der Waals surface area contributed by atoms with E-state index < -0.39 is 6.10 Å². The fourth-order valence-electron chi connectivity index (χ4n) is 1.94. The summed E-state index contributed by atoms with van der Waals surface area (Å²) in [5.41, 5.74) is 2.48. The summed E-state index contributed by atoms with van der Waals surface area (Å²) < 4.78 is 2.37. The molecule has 0 radical (unpaired) electrons. The molecule has 19 heavy (non-hydrogen) atoms. The van der Waals surface area contributed by atoms with Crippen molar-refractivity contribution in [2.45, 2.75) is 19.4 Å². The lowest BCUT2D eigenvalue weighted by molar-refractivity contribution is 0.178. The molecule has 1 N–H and O–H groups in total. The van der Waals surface area contributed by atoms with Crippen LogP contribution in [-0.4, -0.2) is 14.9 Å². The minimum absolute atomic E-state index is 0.423. The number of aryl methyl sites for hydroxylation is 2. The van der Waals surface area contributed by atoms with Crippen LogP contribution in [0.25, 0.3) is 0 Å². The van der Waals surface area contributed by atoms with Crippen LogP contribution in [0.4, 0.5) is 0 Å². The van der Waals surface area contributed by atoms with Gasteiger partial charge in [-0.25, -0.2) is 0 Å². The van der Waals surface area contributed by atoms with Crippen molar-refractivity contribution in [1.82, 2.24) is 9.78 Å². The lowest BCUT2D eigenvalue weighted by Crippen LogP contribution is -2.03. The van der Waals surface area contributed by atoms with Gasteiger partial charge in [-0.15, -0.1) is 0 Å². The zero-order valence-corrected chi connectivity index (χ0v) is 13.6. The van der Waals surface area contributed by atoms with Crippen molar-refractivity contribution in [2.75, 3.05) is 0 Å². The molecule has 0 saturated heterocycles. The molecule has 0 fully saturated rings. The van der Waals surface area contributed by atoms with E-state index in [1.165, 1.54) is 0 Å². The maximum absolute atomic E-state index is 10.3. The Hall–Kier alpha value is -0.550. The molecule has 1 unspecified atom stereocenters. The summed E-state index contributed by atoms with van der Waals surface area (Å²) in [7, 11) is 1.78. The molecule has 102 valence electrons. The largest absolute Gasteiger partial charge is 0.388 e. The number of nitrogens with zero attached hydrogens (tertiary/aromatic N) is 2. The Morgan fingerprint density at radius 1 is 1.42 bits per heavy atom. The minimum atomic E-state index is -0.644. The lowest BCUT2D eigenvalue weighted by atomic mass is 10.0. The predicted molar refractivity (Wildman–Crippen MR) is 80.8 cm³/mol. The first-order chi connectivity index (χ1) is 8.90. The van der Waals surface area contributed by atoms with Gasteiger partial charge in [-0.2, -0.15) is 5.10 Å². The van der Waals surface area contributed by atoms with E-state index in [0.29, 0.717) is 16.6 Å². The van der Waals surface area contributed by atoms with Crippen LogP contribution in [0, 0.1) is 6.92 Å². The van der Waals surface area contributed by atoms with E-state index in [1.807, 2.05) is 13.0 Å². The third-order valence-electron chi connectivity index (χ3n) is 3.00. The van der Waals surface area contributed by atoms with Crippen LogP contribution in [0.2, 0.25) is 10.2 Å². The van der Waals surface area contributed by atoms with Gasteiger partial charge in [-0.1, -0.05) is 29.3 Å². The Morgan fingerprint density at radius 3 is 2.63 bits per heavy atom. The van der Waals surface area contributed by atoms with E-state index in [2.05, 4.69) is 21.0 Å². The maximum Gasteiger partial charge on any atom is 0.130 e. The molecule has 1 aromatic heterocycles. The Morgan fingerprint density at radius 2 is 2.11 bits per heavy atom. The number of halogens is 3. The van der Waals surface area contributed by atoms with Crippen LogP contribution in [-0.2, 0) is 13.5 Å². The molecule has 3 nitrogen and oxygen atoms in total. The third kappa shape index (κ3) is 3.14. The van der Waals surface area contributed by atoms with Crippen molar-refractivity contribution in [2.24, 2.45) is 7.05 Å². The van der Waals surface area contributed by atoms with Crippen molar-refractivity contribution < 1.29 is 5.11 Å². The number of hydrogen-bond donors (Lipinski definition) is 1. The maximum atomic E-state index is 10.3. The lowest BCUT2D eigenvalue weighted by Gasteiger charge is -2.12. The molecule has 0 saturated carbocycles. The van der Waals surface area contributed by atoms with E-state index in [1.54, 1.807) is 23.9 Å². The Kier molecular flexibility index (Phi) is 4.56. The van der Waals surface area contributed by atoms with Crippen LogP contribution >= 0.6 is 39.1 Å². The first-order valence-corrected chi connectivity index (χ1v) is 7.26. The Bertz CT molecular complexity index is 613. The summed E-state index contributed by atoms with van der Waals surface area (Å²) in [5, 5.41) is 15.7. The zero-order valence-electron chi connectivity index (χ0n) is 10.5. The molecular weight excluding hydrogens is 351 g/mol. The monoisotopic (exact) mass is 362 g/mol. The molecule has 1 heterocycles. The second-order valence-corrected chi connectivity index (χ2v) is 5.99. The zero-order chi connectivity index (χ0) is 14.2. The van der Waals surface area contributed by atoms with Gasteiger partial charge in [0.25, 0.3) is 0 Å². The molecule has 2 aromatic rings. The van der Waals surface area contributed by atoms with E-state index in [9.17, 15) is 5.11 Å². The van der Waals surface area contributed by atoms with E-state index in [0.717, 1.165) is 21.3 Å². The quantitative estimate of drug-likeness (QED) is 0.892. The molecule has 2 rings (SSSR count). The van der Waals surface area contributed by atoms with E-state index >= 15 is 0 Å². The molecule has 0 spiro atoms. The van der Waals surface area contributed by atoms with Crippen LogP contribution in [0.3, 0.4) is 0 Å². The third-order valence-corrected chi connectivity index (χ3v) is 4.68. The van der Waals surface area contributed by atoms with Gasteiger partial charge in [-0.3, -0.25) is 4.68 Å². The van der Waals surface area contributed by atoms with Crippen LogP contribution in [0.1, 0.15) is 22.9 Å². The number of hydrogen-bond acceptors (Lipinski definition) is 2. The van der Waals surface area contributed by atoms with Gasteiger partial charge in [0.1, 0.15) is 5.15 Å². The average molecular weight is 364 g/mol. The molecule has 1 atom stereocenters. The molecule has 0 aliphatic heterocycles. The van der Waals surface area contributed by atoms with E-state index in [4.69, 9.17) is 23.2 Å². The fourth-order valence-corrected chi connectivity index (χ4v) is 2.70. The van der Waals surface area contributed by atoms with Crippen molar-refractivity contribution in [3.8, 4) is 0 Å². The number of aliphatic hydroxyl groups is 1. The highest BCUT2D eigenvalue weighted by Gasteiger charge is 2.17.